The van der Waals surface area contributed by atoms with Gasteiger partial charge in [-0.3, -0.25) is 9.59 Å². The molecule has 0 saturated heterocycles. The van der Waals surface area contributed by atoms with Crippen molar-refractivity contribution >= 4 is 34.9 Å². The molecule has 1 aromatic carbocycles. The van der Waals surface area contributed by atoms with E-state index in [4.69, 9.17) is 21.1 Å². The van der Waals surface area contributed by atoms with Crippen molar-refractivity contribution in [2.75, 3.05) is 19.5 Å². The summed E-state index contributed by atoms with van der Waals surface area (Å²) in [5, 5.41) is 7.03. The van der Waals surface area contributed by atoms with E-state index >= 15 is 0 Å². The second-order valence-corrected chi connectivity index (χ2v) is 5.88. The van der Waals surface area contributed by atoms with Crippen LogP contribution in [0.4, 0.5) is 5.82 Å². The minimum absolute atomic E-state index is 0.00345. The van der Waals surface area contributed by atoms with Gasteiger partial charge in [0.15, 0.2) is 11.5 Å². The van der Waals surface area contributed by atoms with Crippen LogP contribution in [-0.2, 0) is 4.79 Å². The maximum Gasteiger partial charge on any atom is 0.271 e. The van der Waals surface area contributed by atoms with Gasteiger partial charge < -0.3 is 14.8 Å². The Hall–Kier alpha value is -3.13. The van der Waals surface area contributed by atoms with Crippen LogP contribution in [0, 0.1) is 0 Å². The molecule has 27 heavy (non-hydrogen) atoms. The molecule has 0 radical (unpaired) electrons. The van der Waals surface area contributed by atoms with Gasteiger partial charge in [0, 0.05) is 17.5 Å². The molecule has 2 amide bonds. The topological polar surface area (TPSA) is 102 Å². The number of hydrazone groups is 1. The smallest absolute Gasteiger partial charge is 0.271 e. The van der Waals surface area contributed by atoms with Crippen LogP contribution in [0.2, 0.25) is 5.02 Å². The van der Waals surface area contributed by atoms with E-state index < -0.39 is 5.91 Å². The van der Waals surface area contributed by atoms with Gasteiger partial charge in [0.25, 0.3) is 5.91 Å². The van der Waals surface area contributed by atoms with E-state index in [1.165, 1.54) is 26.5 Å². The van der Waals surface area contributed by atoms with Crippen molar-refractivity contribution < 1.29 is 19.1 Å². The van der Waals surface area contributed by atoms with Crippen LogP contribution in [0.5, 0.6) is 11.5 Å². The van der Waals surface area contributed by atoms with E-state index in [1.54, 1.807) is 31.2 Å². The van der Waals surface area contributed by atoms with Crippen LogP contribution >= 0.6 is 11.6 Å². The van der Waals surface area contributed by atoms with Crippen LogP contribution in [0.15, 0.2) is 41.6 Å². The first-order chi connectivity index (χ1) is 12.9. The summed E-state index contributed by atoms with van der Waals surface area (Å²) in [7, 11) is 2.99. The lowest BCUT2D eigenvalue weighted by Crippen LogP contribution is -2.21. The van der Waals surface area contributed by atoms with E-state index in [9.17, 15) is 9.59 Å². The minimum Gasteiger partial charge on any atom is -0.493 e. The van der Waals surface area contributed by atoms with Crippen molar-refractivity contribution in [2.45, 2.75) is 13.3 Å². The summed E-state index contributed by atoms with van der Waals surface area (Å²) in [4.78, 5) is 28.1. The molecular formula is C18H19ClN4O4. The molecule has 0 spiro atoms. The SMILES string of the molecule is COc1ccc(C(=O)N/N=C(/C)CC(=O)Nc2ccc(Cl)cn2)cc1OC. The van der Waals surface area contributed by atoms with Crippen LogP contribution in [-0.4, -0.2) is 36.7 Å². The van der Waals surface area contributed by atoms with Gasteiger partial charge in [-0.2, -0.15) is 5.10 Å². The summed E-state index contributed by atoms with van der Waals surface area (Å²) in [5.74, 6) is 0.579. The number of benzene rings is 1. The van der Waals surface area contributed by atoms with Gasteiger partial charge in [-0.1, -0.05) is 11.6 Å². The maximum atomic E-state index is 12.2. The lowest BCUT2D eigenvalue weighted by Gasteiger charge is -2.09. The Labute approximate surface area is 161 Å². The summed E-state index contributed by atoms with van der Waals surface area (Å²) < 4.78 is 10.3. The number of nitrogens with one attached hydrogen (secondary N) is 2. The Kier molecular flexibility index (Phi) is 7.13. The van der Waals surface area contributed by atoms with Crippen LogP contribution in [0.3, 0.4) is 0 Å². The van der Waals surface area contributed by atoms with Crippen molar-refractivity contribution in [1.29, 1.82) is 0 Å². The van der Waals surface area contributed by atoms with Gasteiger partial charge in [0.2, 0.25) is 5.91 Å². The summed E-state index contributed by atoms with van der Waals surface area (Å²) in [6.45, 7) is 1.63. The first-order valence-electron chi connectivity index (χ1n) is 7.90. The van der Waals surface area contributed by atoms with Crippen molar-refractivity contribution in [2.24, 2.45) is 5.10 Å². The highest BCUT2D eigenvalue weighted by Gasteiger charge is 2.11. The number of amides is 2. The Morgan fingerprint density at radius 3 is 2.52 bits per heavy atom. The fourth-order valence-corrected chi connectivity index (χ4v) is 2.21. The van der Waals surface area contributed by atoms with Gasteiger partial charge in [-0.25, -0.2) is 10.4 Å². The molecule has 8 nitrogen and oxygen atoms in total. The summed E-state index contributed by atoms with van der Waals surface area (Å²) in [6.07, 6.45) is 1.43. The average molecular weight is 391 g/mol. The van der Waals surface area contributed by atoms with Crippen molar-refractivity contribution in [3.05, 3.63) is 47.1 Å². The second-order valence-electron chi connectivity index (χ2n) is 5.44. The molecule has 1 heterocycles. The highest BCUT2D eigenvalue weighted by molar-refractivity contribution is 6.30. The third kappa shape index (κ3) is 5.96. The number of rotatable bonds is 7. The Morgan fingerprint density at radius 1 is 1.15 bits per heavy atom. The van der Waals surface area contributed by atoms with E-state index in [0.29, 0.717) is 33.6 Å². The van der Waals surface area contributed by atoms with Gasteiger partial charge in [0.05, 0.1) is 25.7 Å². The van der Waals surface area contributed by atoms with E-state index in [2.05, 4.69) is 20.8 Å². The number of hydrogen-bond donors (Lipinski definition) is 2. The Balaban J connectivity index is 1.93. The minimum atomic E-state index is -0.435. The fraction of sp³-hybridized carbons (Fsp3) is 0.222. The molecule has 0 aliphatic carbocycles. The molecule has 0 bridgehead atoms. The molecule has 0 atom stereocenters. The van der Waals surface area contributed by atoms with Crippen molar-refractivity contribution in [3.63, 3.8) is 0 Å². The van der Waals surface area contributed by atoms with Crippen LogP contribution < -0.4 is 20.2 Å². The number of pyridine rings is 1. The van der Waals surface area contributed by atoms with Crippen molar-refractivity contribution in [1.82, 2.24) is 10.4 Å². The highest BCUT2D eigenvalue weighted by Crippen LogP contribution is 2.27. The van der Waals surface area contributed by atoms with Gasteiger partial charge in [-0.05, 0) is 37.3 Å². The zero-order valence-corrected chi connectivity index (χ0v) is 15.8. The number of halogens is 1. The number of aromatic nitrogens is 1. The highest BCUT2D eigenvalue weighted by atomic mass is 35.5. The predicted molar refractivity (Wildman–Crippen MR) is 103 cm³/mol. The zero-order chi connectivity index (χ0) is 19.8. The number of anilines is 1. The Bertz CT molecular complexity index is 853. The molecule has 0 aliphatic rings. The first kappa shape index (κ1) is 20.2. The lowest BCUT2D eigenvalue weighted by atomic mass is 10.2. The number of carbonyl (C=O) groups is 2. The van der Waals surface area contributed by atoms with E-state index in [1.807, 2.05) is 0 Å². The zero-order valence-electron chi connectivity index (χ0n) is 15.1. The van der Waals surface area contributed by atoms with E-state index in [-0.39, 0.29) is 12.3 Å². The number of ether oxygens (including phenoxy) is 2. The predicted octanol–water partition coefficient (Wildman–Crippen LogP) is 2.89. The summed E-state index contributed by atoms with van der Waals surface area (Å²) in [5.41, 5.74) is 3.18. The molecule has 1 aromatic heterocycles. The number of methoxy groups -OCH3 is 2. The number of hydrogen-bond acceptors (Lipinski definition) is 6. The molecule has 2 aromatic rings. The van der Waals surface area contributed by atoms with Crippen LogP contribution in [0.1, 0.15) is 23.7 Å². The largest absolute Gasteiger partial charge is 0.493 e. The number of carbonyl (C=O) groups excluding carboxylic acids is 2. The lowest BCUT2D eigenvalue weighted by molar-refractivity contribution is -0.115. The fourth-order valence-electron chi connectivity index (χ4n) is 2.10. The van der Waals surface area contributed by atoms with Gasteiger partial charge in [0.1, 0.15) is 5.82 Å². The van der Waals surface area contributed by atoms with Crippen molar-refractivity contribution in [3.8, 4) is 11.5 Å². The molecule has 0 aliphatic heterocycles. The molecule has 2 rings (SSSR count). The second kappa shape index (κ2) is 9.54. The quantitative estimate of drug-likeness (QED) is 0.559. The molecule has 0 fully saturated rings. The standard InChI is InChI=1S/C18H19ClN4O4/c1-11(8-17(24)21-16-7-5-13(19)10-20-16)22-23-18(25)12-4-6-14(26-2)15(9-12)27-3/h4-7,9-10H,8H2,1-3H3,(H,23,25)(H,20,21,24)/b22-11-. The molecule has 2 N–H and O–H groups in total. The van der Waals surface area contributed by atoms with E-state index in [0.717, 1.165) is 0 Å². The maximum absolute atomic E-state index is 12.2. The molecular weight excluding hydrogens is 372 g/mol. The third-order valence-electron chi connectivity index (χ3n) is 3.41. The summed E-state index contributed by atoms with van der Waals surface area (Å²) in [6, 6.07) is 7.95. The monoisotopic (exact) mass is 390 g/mol. The molecule has 9 heteroatoms. The van der Waals surface area contributed by atoms with Gasteiger partial charge >= 0.3 is 0 Å². The Morgan fingerprint density at radius 2 is 1.89 bits per heavy atom. The van der Waals surface area contributed by atoms with Gasteiger partial charge in [-0.15, -0.1) is 0 Å². The van der Waals surface area contributed by atoms with Crippen LogP contribution in [0.25, 0.3) is 0 Å². The first-order valence-corrected chi connectivity index (χ1v) is 8.27. The molecule has 0 saturated carbocycles. The summed E-state index contributed by atoms with van der Waals surface area (Å²) >= 11 is 5.74. The molecule has 0 unspecified atom stereocenters. The normalized spacial score (nSPS) is 10.9. The number of nitrogens with zero attached hydrogens (tertiary/aromatic N) is 2. The molecule has 142 valence electrons. The average Bonchev–Trinajstić information content (AvgIpc) is 2.67. The third-order valence-corrected chi connectivity index (χ3v) is 3.63.